The summed E-state index contributed by atoms with van der Waals surface area (Å²) >= 11 is 3.46. The van der Waals surface area contributed by atoms with Crippen molar-refractivity contribution in [3.8, 4) is 0 Å². The molecule has 0 spiro atoms. The Balaban J connectivity index is 1.86. The van der Waals surface area contributed by atoms with E-state index in [1.807, 2.05) is 29.2 Å². The largest absolute Gasteiger partial charge is 0.374 e. The SMILES string of the molecule is O=C(c1ccccc1Br)N1CCOC2CCCC21. The zero-order valence-electron chi connectivity index (χ0n) is 10.1. The lowest BCUT2D eigenvalue weighted by Gasteiger charge is -2.37. The van der Waals surface area contributed by atoms with E-state index in [0.29, 0.717) is 13.2 Å². The first kappa shape index (κ1) is 12.2. The maximum Gasteiger partial charge on any atom is 0.255 e. The summed E-state index contributed by atoms with van der Waals surface area (Å²) in [6, 6.07) is 7.91. The summed E-state index contributed by atoms with van der Waals surface area (Å²) in [6.07, 6.45) is 3.57. The quantitative estimate of drug-likeness (QED) is 0.798. The number of carbonyl (C=O) groups is 1. The predicted molar refractivity (Wildman–Crippen MR) is 72.6 cm³/mol. The van der Waals surface area contributed by atoms with Gasteiger partial charge in [0.15, 0.2) is 0 Å². The molecule has 1 aromatic rings. The van der Waals surface area contributed by atoms with Gasteiger partial charge in [0.25, 0.3) is 5.91 Å². The zero-order valence-corrected chi connectivity index (χ0v) is 11.7. The molecule has 2 aliphatic rings. The smallest absolute Gasteiger partial charge is 0.255 e. The number of ether oxygens (including phenoxy) is 1. The van der Waals surface area contributed by atoms with E-state index in [2.05, 4.69) is 15.9 Å². The van der Waals surface area contributed by atoms with Crippen LogP contribution >= 0.6 is 15.9 Å². The molecule has 3 nitrogen and oxygen atoms in total. The van der Waals surface area contributed by atoms with Crippen LogP contribution in [0.15, 0.2) is 28.7 Å². The molecule has 0 aromatic heterocycles. The Labute approximate surface area is 115 Å². The number of halogens is 1. The second-order valence-corrected chi connectivity index (χ2v) is 5.74. The van der Waals surface area contributed by atoms with Crippen molar-refractivity contribution in [3.05, 3.63) is 34.3 Å². The molecule has 1 saturated carbocycles. The van der Waals surface area contributed by atoms with Gasteiger partial charge in [-0.05, 0) is 47.3 Å². The molecule has 2 unspecified atom stereocenters. The number of hydrogen-bond donors (Lipinski definition) is 0. The zero-order chi connectivity index (χ0) is 12.5. The van der Waals surface area contributed by atoms with Gasteiger partial charge < -0.3 is 9.64 Å². The molecule has 2 fully saturated rings. The van der Waals surface area contributed by atoms with E-state index < -0.39 is 0 Å². The van der Waals surface area contributed by atoms with Crippen molar-refractivity contribution in [1.29, 1.82) is 0 Å². The number of rotatable bonds is 1. The van der Waals surface area contributed by atoms with Gasteiger partial charge in [0.05, 0.1) is 24.3 Å². The number of carbonyl (C=O) groups excluding carboxylic acids is 1. The van der Waals surface area contributed by atoms with Crippen molar-refractivity contribution < 1.29 is 9.53 Å². The Kier molecular flexibility index (Phi) is 3.39. The molecule has 1 aromatic carbocycles. The van der Waals surface area contributed by atoms with Crippen LogP contribution < -0.4 is 0 Å². The summed E-state index contributed by atoms with van der Waals surface area (Å²) in [5.74, 6) is 0.127. The average Bonchev–Trinajstić information content (AvgIpc) is 2.86. The standard InChI is InChI=1S/C14H16BrNO2/c15-11-5-2-1-4-10(11)14(17)16-8-9-18-13-7-3-6-12(13)16/h1-2,4-5,12-13H,3,6-9H2. The van der Waals surface area contributed by atoms with Gasteiger partial charge in [-0.15, -0.1) is 0 Å². The van der Waals surface area contributed by atoms with Crippen molar-refractivity contribution >= 4 is 21.8 Å². The van der Waals surface area contributed by atoms with Gasteiger partial charge >= 0.3 is 0 Å². The highest BCUT2D eigenvalue weighted by Crippen LogP contribution is 2.31. The number of hydrogen-bond acceptors (Lipinski definition) is 2. The highest BCUT2D eigenvalue weighted by molar-refractivity contribution is 9.10. The number of fused-ring (bicyclic) bond motifs is 1. The molecule has 0 radical (unpaired) electrons. The van der Waals surface area contributed by atoms with E-state index in [-0.39, 0.29) is 18.1 Å². The third kappa shape index (κ3) is 2.08. The Morgan fingerprint density at radius 1 is 1.33 bits per heavy atom. The molecule has 1 heterocycles. The highest BCUT2D eigenvalue weighted by Gasteiger charge is 2.38. The highest BCUT2D eigenvalue weighted by atomic mass is 79.9. The van der Waals surface area contributed by atoms with Gasteiger partial charge in [0, 0.05) is 11.0 Å². The maximum absolute atomic E-state index is 12.6. The second-order valence-electron chi connectivity index (χ2n) is 4.89. The van der Waals surface area contributed by atoms with Gasteiger partial charge in [-0.3, -0.25) is 4.79 Å². The van der Waals surface area contributed by atoms with Gasteiger partial charge in [0.2, 0.25) is 0 Å². The molecule has 1 aliphatic heterocycles. The maximum atomic E-state index is 12.6. The minimum Gasteiger partial charge on any atom is -0.374 e. The fraction of sp³-hybridized carbons (Fsp3) is 0.500. The Bertz CT molecular complexity index is 463. The normalized spacial score (nSPS) is 27.1. The fourth-order valence-corrected chi connectivity index (χ4v) is 3.42. The van der Waals surface area contributed by atoms with Crippen molar-refractivity contribution in [2.24, 2.45) is 0 Å². The number of benzene rings is 1. The van der Waals surface area contributed by atoms with Crippen LogP contribution in [0.1, 0.15) is 29.6 Å². The van der Waals surface area contributed by atoms with Crippen molar-refractivity contribution in [1.82, 2.24) is 4.90 Å². The molecule has 1 aliphatic carbocycles. The molecular weight excluding hydrogens is 294 g/mol. The van der Waals surface area contributed by atoms with Gasteiger partial charge in [-0.25, -0.2) is 0 Å². The summed E-state index contributed by atoms with van der Waals surface area (Å²) in [5.41, 5.74) is 0.755. The van der Waals surface area contributed by atoms with E-state index in [4.69, 9.17) is 4.74 Å². The average molecular weight is 310 g/mol. The van der Waals surface area contributed by atoms with Gasteiger partial charge in [-0.2, -0.15) is 0 Å². The van der Waals surface area contributed by atoms with E-state index in [0.717, 1.165) is 29.3 Å². The number of nitrogens with zero attached hydrogens (tertiary/aromatic N) is 1. The van der Waals surface area contributed by atoms with E-state index >= 15 is 0 Å². The molecule has 0 bridgehead atoms. The van der Waals surface area contributed by atoms with Crippen LogP contribution in [-0.4, -0.2) is 36.1 Å². The molecule has 1 amide bonds. The summed E-state index contributed by atoms with van der Waals surface area (Å²) in [6.45, 7) is 1.37. The molecule has 1 saturated heterocycles. The van der Waals surface area contributed by atoms with E-state index in [1.165, 1.54) is 0 Å². The van der Waals surface area contributed by atoms with E-state index in [1.54, 1.807) is 0 Å². The van der Waals surface area contributed by atoms with Crippen molar-refractivity contribution in [2.45, 2.75) is 31.4 Å². The van der Waals surface area contributed by atoms with Crippen molar-refractivity contribution in [2.75, 3.05) is 13.2 Å². The number of morpholine rings is 1. The molecule has 18 heavy (non-hydrogen) atoms. The summed E-state index contributed by atoms with van der Waals surface area (Å²) in [5, 5.41) is 0. The van der Waals surface area contributed by atoms with Gasteiger partial charge in [-0.1, -0.05) is 12.1 Å². The summed E-state index contributed by atoms with van der Waals surface area (Å²) < 4.78 is 6.61. The van der Waals surface area contributed by atoms with Gasteiger partial charge in [0.1, 0.15) is 0 Å². The lowest BCUT2D eigenvalue weighted by molar-refractivity contribution is -0.0445. The number of amides is 1. The lowest BCUT2D eigenvalue weighted by atomic mass is 10.1. The molecule has 96 valence electrons. The molecular formula is C14H16BrNO2. The first-order valence-electron chi connectivity index (χ1n) is 6.44. The minimum atomic E-state index is 0.127. The lowest BCUT2D eigenvalue weighted by Crippen LogP contribution is -2.51. The molecule has 3 rings (SSSR count). The van der Waals surface area contributed by atoms with Crippen LogP contribution in [0.25, 0.3) is 0 Å². The third-order valence-electron chi connectivity index (χ3n) is 3.85. The van der Waals surface area contributed by atoms with Crippen LogP contribution in [0.3, 0.4) is 0 Å². The Morgan fingerprint density at radius 3 is 3.00 bits per heavy atom. The molecule has 4 heteroatoms. The van der Waals surface area contributed by atoms with Crippen LogP contribution in [0, 0.1) is 0 Å². The van der Waals surface area contributed by atoms with Crippen molar-refractivity contribution in [3.63, 3.8) is 0 Å². The molecule has 2 atom stereocenters. The first-order valence-corrected chi connectivity index (χ1v) is 7.24. The topological polar surface area (TPSA) is 29.5 Å². The van der Waals surface area contributed by atoms with Crippen LogP contribution in [0.5, 0.6) is 0 Å². The minimum absolute atomic E-state index is 0.127. The van der Waals surface area contributed by atoms with E-state index in [9.17, 15) is 4.79 Å². The summed E-state index contributed by atoms with van der Waals surface area (Å²) in [4.78, 5) is 14.6. The van der Waals surface area contributed by atoms with Crippen LogP contribution in [0.4, 0.5) is 0 Å². The monoisotopic (exact) mass is 309 g/mol. The molecule has 0 N–H and O–H groups in total. The summed E-state index contributed by atoms with van der Waals surface area (Å²) in [7, 11) is 0. The Morgan fingerprint density at radius 2 is 2.17 bits per heavy atom. The first-order chi connectivity index (χ1) is 8.77. The second kappa shape index (κ2) is 5.02. The third-order valence-corrected chi connectivity index (χ3v) is 4.54. The Hall–Kier alpha value is -0.870. The van der Waals surface area contributed by atoms with Crippen LogP contribution in [-0.2, 0) is 4.74 Å². The fourth-order valence-electron chi connectivity index (χ4n) is 2.97. The van der Waals surface area contributed by atoms with Crippen LogP contribution in [0.2, 0.25) is 0 Å². The predicted octanol–water partition coefficient (Wildman–Crippen LogP) is 2.84.